The Kier molecular flexibility index (Phi) is 4.29. The molecule has 2 bridgehead atoms. The largest absolute Gasteiger partial charge is 0.444 e. The Morgan fingerprint density at radius 3 is 2.35 bits per heavy atom. The molecular weight excluding hydrogens is 296 g/mol. The summed E-state index contributed by atoms with van der Waals surface area (Å²) < 4.78 is 5.55. The van der Waals surface area contributed by atoms with E-state index in [0.29, 0.717) is 19.0 Å². The van der Waals surface area contributed by atoms with Gasteiger partial charge in [0.1, 0.15) is 5.60 Å². The molecule has 0 saturated carbocycles. The van der Waals surface area contributed by atoms with Crippen LogP contribution in [0.1, 0.15) is 52.9 Å². The first-order chi connectivity index (χ1) is 10.7. The first-order valence-electron chi connectivity index (χ1n) is 8.70. The number of hydrogen-bond acceptors (Lipinski definition) is 4. The van der Waals surface area contributed by atoms with E-state index in [1.54, 1.807) is 4.90 Å². The molecule has 3 aliphatic heterocycles. The number of hydrogen-bond donors (Lipinski definition) is 1. The Balaban J connectivity index is 1.59. The minimum absolute atomic E-state index is 0.0550. The fraction of sp³-hybridized carbons (Fsp3) is 0.882. The number of ether oxygens (including phenoxy) is 1. The third-order valence-corrected chi connectivity index (χ3v) is 5.11. The van der Waals surface area contributed by atoms with E-state index in [1.165, 1.54) is 0 Å². The molecule has 130 valence electrons. The average Bonchev–Trinajstić information content (AvgIpc) is 2.85. The number of nitrogens with zero attached hydrogens (tertiary/aromatic N) is 2. The second-order valence-electron chi connectivity index (χ2n) is 8.27. The van der Waals surface area contributed by atoms with Gasteiger partial charge in [-0.15, -0.1) is 0 Å². The van der Waals surface area contributed by atoms with Crippen LogP contribution in [-0.2, 0) is 9.53 Å². The van der Waals surface area contributed by atoms with Crippen LogP contribution in [-0.4, -0.2) is 63.8 Å². The molecule has 23 heavy (non-hydrogen) atoms. The van der Waals surface area contributed by atoms with Crippen LogP contribution in [0, 0.1) is 5.92 Å². The number of β-amino-alcohol motifs (C(OH)–C–C–N with tert-alkyl or cyclic N) is 1. The Bertz CT molecular complexity index is 473. The quantitative estimate of drug-likeness (QED) is 0.840. The first-order valence-corrected chi connectivity index (χ1v) is 8.70. The maximum absolute atomic E-state index is 12.4. The third kappa shape index (κ3) is 3.62. The van der Waals surface area contributed by atoms with Crippen LogP contribution in [0.3, 0.4) is 0 Å². The highest BCUT2D eigenvalue weighted by Crippen LogP contribution is 2.40. The highest BCUT2D eigenvalue weighted by molar-refractivity contribution is 5.79. The van der Waals surface area contributed by atoms with Crippen LogP contribution in [0.5, 0.6) is 0 Å². The van der Waals surface area contributed by atoms with Gasteiger partial charge in [-0.2, -0.15) is 0 Å². The van der Waals surface area contributed by atoms with Gasteiger partial charge in [-0.3, -0.25) is 4.79 Å². The van der Waals surface area contributed by atoms with Crippen LogP contribution in [0.15, 0.2) is 0 Å². The number of carbonyl (C=O) groups excluding carboxylic acids is 2. The molecule has 3 fully saturated rings. The zero-order valence-electron chi connectivity index (χ0n) is 14.3. The Morgan fingerprint density at radius 2 is 1.87 bits per heavy atom. The zero-order chi connectivity index (χ0) is 16.8. The molecule has 0 aliphatic carbocycles. The van der Waals surface area contributed by atoms with Gasteiger partial charge in [0.15, 0.2) is 0 Å². The van der Waals surface area contributed by atoms with Crippen molar-refractivity contribution in [2.45, 2.75) is 76.7 Å². The summed E-state index contributed by atoms with van der Waals surface area (Å²) in [5, 5.41) is 9.61. The van der Waals surface area contributed by atoms with E-state index in [1.807, 2.05) is 25.7 Å². The van der Waals surface area contributed by atoms with Gasteiger partial charge >= 0.3 is 6.09 Å². The number of carbonyl (C=O) groups is 2. The summed E-state index contributed by atoms with van der Waals surface area (Å²) in [6.45, 7) is 6.85. The molecule has 0 radical (unpaired) electrons. The van der Waals surface area contributed by atoms with Gasteiger partial charge in [-0.1, -0.05) is 0 Å². The molecule has 6 heteroatoms. The molecule has 2 unspecified atom stereocenters. The molecule has 0 aromatic carbocycles. The first kappa shape index (κ1) is 16.6. The number of aliphatic hydroxyl groups is 1. The molecular formula is C17H28N2O4. The van der Waals surface area contributed by atoms with E-state index in [-0.39, 0.29) is 30.5 Å². The van der Waals surface area contributed by atoms with Crippen LogP contribution in [0.25, 0.3) is 0 Å². The molecule has 3 aliphatic rings. The lowest BCUT2D eigenvalue weighted by molar-refractivity contribution is -0.128. The van der Waals surface area contributed by atoms with Gasteiger partial charge in [-0.05, 0) is 52.4 Å². The van der Waals surface area contributed by atoms with Crippen LogP contribution in [0.2, 0.25) is 0 Å². The molecule has 3 saturated heterocycles. The number of piperidine rings is 1. The van der Waals surface area contributed by atoms with E-state index in [0.717, 1.165) is 25.7 Å². The van der Waals surface area contributed by atoms with Crippen molar-refractivity contribution in [3.05, 3.63) is 0 Å². The summed E-state index contributed by atoms with van der Waals surface area (Å²) in [5.41, 5.74) is -0.467. The van der Waals surface area contributed by atoms with E-state index >= 15 is 0 Å². The standard InChI is InChI=1S/C17H28N2O4/c1-17(2,3)23-16(22)19-12-4-5-13(19)7-11(6-12)9-18-10-14(20)8-15(18)21/h11-14,20H,4-10H2,1-3H3/t11?,12-,13+,14?. The number of rotatable bonds is 2. The monoisotopic (exact) mass is 324 g/mol. The minimum atomic E-state index is -0.513. The SMILES string of the molecule is CC(C)(C)OC(=O)N1[C@@H]2CC[C@H]1CC(CN1CC(O)CC1=O)C2. The Labute approximate surface area is 137 Å². The summed E-state index contributed by atoms with van der Waals surface area (Å²) in [7, 11) is 0. The molecule has 0 aromatic heterocycles. The molecule has 3 heterocycles. The summed E-state index contributed by atoms with van der Waals surface area (Å²) in [5.74, 6) is 0.472. The highest BCUT2D eigenvalue weighted by Gasteiger charge is 2.45. The lowest BCUT2D eigenvalue weighted by Crippen LogP contribution is -2.50. The van der Waals surface area contributed by atoms with E-state index < -0.39 is 11.7 Å². The third-order valence-electron chi connectivity index (χ3n) is 5.11. The molecule has 4 atom stereocenters. The van der Waals surface area contributed by atoms with Gasteiger partial charge < -0.3 is 19.6 Å². The second kappa shape index (κ2) is 5.96. The number of likely N-dealkylation sites (tertiary alicyclic amines) is 1. The predicted octanol–water partition coefficient (Wildman–Crippen LogP) is 1.76. The summed E-state index contributed by atoms with van der Waals surface area (Å²) in [6, 6.07) is 0.465. The number of amides is 2. The molecule has 0 aromatic rings. The molecule has 6 nitrogen and oxygen atoms in total. The summed E-state index contributed by atoms with van der Waals surface area (Å²) in [6.07, 6.45) is 3.44. The highest BCUT2D eigenvalue weighted by atomic mass is 16.6. The van der Waals surface area contributed by atoms with E-state index in [9.17, 15) is 14.7 Å². The Morgan fingerprint density at radius 1 is 1.26 bits per heavy atom. The number of fused-ring (bicyclic) bond motifs is 2. The maximum atomic E-state index is 12.4. The van der Waals surface area contributed by atoms with Crippen molar-refractivity contribution in [3.63, 3.8) is 0 Å². The summed E-state index contributed by atoms with van der Waals surface area (Å²) >= 11 is 0. The van der Waals surface area contributed by atoms with Gasteiger partial charge in [0.25, 0.3) is 0 Å². The van der Waals surface area contributed by atoms with Crippen molar-refractivity contribution in [2.24, 2.45) is 5.92 Å². The molecule has 0 spiro atoms. The van der Waals surface area contributed by atoms with Crippen LogP contribution in [0.4, 0.5) is 4.79 Å². The molecule has 1 N–H and O–H groups in total. The number of aliphatic hydroxyl groups excluding tert-OH is 1. The predicted molar refractivity (Wildman–Crippen MR) is 84.8 cm³/mol. The Hall–Kier alpha value is -1.30. The summed E-state index contributed by atoms with van der Waals surface area (Å²) in [4.78, 5) is 28.0. The van der Waals surface area contributed by atoms with Gasteiger partial charge in [0.05, 0.1) is 12.5 Å². The lowest BCUT2D eigenvalue weighted by Gasteiger charge is -2.40. The fourth-order valence-electron chi connectivity index (χ4n) is 4.29. The minimum Gasteiger partial charge on any atom is -0.444 e. The molecule has 3 rings (SSSR count). The fourth-order valence-corrected chi connectivity index (χ4v) is 4.29. The van der Waals surface area contributed by atoms with Crippen molar-refractivity contribution < 1.29 is 19.4 Å². The normalized spacial score (nSPS) is 34.2. The topological polar surface area (TPSA) is 70.1 Å². The zero-order valence-corrected chi connectivity index (χ0v) is 14.3. The maximum Gasteiger partial charge on any atom is 0.410 e. The van der Waals surface area contributed by atoms with Gasteiger partial charge in [0, 0.05) is 25.2 Å². The van der Waals surface area contributed by atoms with Crippen molar-refractivity contribution in [1.82, 2.24) is 9.80 Å². The second-order valence-corrected chi connectivity index (χ2v) is 8.27. The molecule has 2 amide bonds. The lowest BCUT2D eigenvalue weighted by atomic mass is 9.90. The van der Waals surface area contributed by atoms with Crippen LogP contribution >= 0.6 is 0 Å². The average molecular weight is 324 g/mol. The van der Waals surface area contributed by atoms with Crippen molar-refractivity contribution >= 4 is 12.0 Å². The van der Waals surface area contributed by atoms with E-state index in [4.69, 9.17) is 4.74 Å². The van der Waals surface area contributed by atoms with Gasteiger partial charge in [0.2, 0.25) is 5.91 Å². The smallest absolute Gasteiger partial charge is 0.410 e. The van der Waals surface area contributed by atoms with Crippen molar-refractivity contribution in [1.29, 1.82) is 0 Å². The van der Waals surface area contributed by atoms with Crippen molar-refractivity contribution in [3.8, 4) is 0 Å². The van der Waals surface area contributed by atoms with Gasteiger partial charge in [-0.25, -0.2) is 4.79 Å². The van der Waals surface area contributed by atoms with Crippen molar-refractivity contribution in [2.75, 3.05) is 13.1 Å². The van der Waals surface area contributed by atoms with Crippen LogP contribution < -0.4 is 0 Å². The van der Waals surface area contributed by atoms with E-state index in [2.05, 4.69) is 0 Å².